The maximum atomic E-state index is 11.8. The number of nitrogens with zero attached hydrogens (tertiary/aromatic N) is 1. The lowest BCUT2D eigenvalue weighted by Gasteiger charge is -2.10. The lowest BCUT2D eigenvalue weighted by molar-refractivity contribution is 0.0698. The fourth-order valence-corrected chi connectivity index (χ4v) is 1.70. The van der Waals surface area contributed by atoms with Crippen LogP contribution in [0.3, 0.4) is 0 Å². The number of hydrogen-bond donors (Lipinski definition) is 3. The Morgan fingerprint density at radius 2 is 1.80 bits per heavy atom. The van der Waals surface area contributed by atoms with Crippen molar-refractivity contribution in [2.75, 3.05) is 10.6 Å². The van der Waals surface area contributed by atoms with E-state index >= 15 is 0 Å². The highest BCUT2D eigenvalue weighted by atomic mass is 35.5. The van der Waals surface area contributed by atoms with Crippen LogP contribution in [0.5, 0.6) is 0 Å². The number of carbonyl (C=O) groups excluding carboxylic acids is 1. The second-order valence-electron chi connectivity index (χ2n) is 3.79. The monoisotopic (exact) mass is 291 g/mol. The van der Waals surface area contributed by atoms with Gasteiger partial charge in [0.25, 0.3) is 0 Å². The van der Waals surface area contributed by atoms with Crippen molar-refractivity contribution in [2.24, 2.45) is 0 Å². The highest BCUT2D eigenvalue weighted by Crippen LogP contribution is 2.21. The minimum absolute atomic E-state index is 0.0469. The Kier molecular flexibility index (Phi) is 4.17. The maximum Gasteiger partial charge on any atom is 0.337 e. The number of carbonyl (C=O) groups is 2. The Balaban J connectivity index is 2.13. The molecule has 7 heteroatoms. The Hall–Kier alpha value is -2.60. The average molecular weight is 292 g/mol. The number of carboxylic acid groups (broad SMARTS) is 1. The van der Waals surface area contributed by atoms with Gasteiger partial charge >= 0.3 is 12.0 Å². The number of para-hydroxylation sites is 1. The number of urea groups is 1. The first-order chi connectivity index (χ1) is 9.58. The van der Waals surface area contributed by atoms with Crippen molar-refractivity contribution in [3.8, 4) is 0 Å². The van der Waals surface area contributed by atoms with Crippen LogP contribution < -0.4 is 10.6 Å². The van der Waals surface area contributed by atoms with Crippen molar-refractivity contribution in [3.63, 3.8) is 0 Å². The van der Waals surface area contributed by atoms with Gasteiger partial charge in [0.1, 0.15) is 0 Å². The van der Waals surface area contributed by atoms with E-state index in [-0.39, 0.29) is 11.3 Å². The summed E-state index contributed by atoms with van der Waals surface area (Å²) >= 11 is 5.90. The number of pyridine rings is 1. The molecule has 2 amide bonds. The molecule has 0 unspecified atom stereocenters. The van der Waals surface area contributed by atoms with Gasteiger partial charge in [0, 0.05) is 6.20 Å². The Morgan fingerprint density at radius 1 is 1.10 bits per heavy atom. The minimum Gasteiger partial charge on any atom is -0.478 e. The van der Waals surface area contributed by atoms with Crippen LogP contribution in [0.2, 0.25) is 5.02 Å². The van der Waals surface area contributed by atoms with Crippen molar-refractivity contribution in [1.82, 2.24) is 4.98 Å². The van der Waals surface area contributed by atoms with Crippen molar-refractivity contribution in [2.45, 2.75) is 0 Å². The number of benzene rings is 1. The molecule has 0 atom stereocenters. The zero-order valence-electron chi connectivity index (χ0n) is 10.1. The fraction of sp³-hybridized carbons (Fsp3) is 0. The molecule has 0 radical (unpaired) electrons. The summed E-state index contributed by atoms with van der Waals surface area (Å²) in [5.74, 6) is -1.15. The molecule has 0 fully saturated rings. The van der Waals surface area contributed by atoms with E-state index in [2.05, 4.69) is 15.6 Å². The van der Waals surface area contributed by atoms with Crippen molar-refractivity contribution < 1.29 is 14.7 Å². The van der Waals surface area contributed by atoms with Crippen LogP contribution in [0.15, 0.2) is 42.7 Å². The van der Waals surface area contributed by atoms with Gasteiger partial charge in [0.15, 0.2) is 0 Å². The second-order valence-corrected chi connectivity index (χ2v) is 4.19. The van der Waals surface area contributed by atoms with E-state index in [1.165, 1.54) is 18.5 Å². The molecule has 2 aromatic rings. The normalized spacial score (nSPS) is 9.85. The number of amides is 2. The zero-order valence-corrected chi connectivity index (χ0v) is 10.9. The predicted octanol–water partition coefficient (Wildman–Crippen LogP) is 3.08. The smallest absolute Gasteiger partial charge is 0.337 e. The molecule has 1 heterocycles. The van der Waals surface area contributed by atoms with E-state index in [0.29, 0.717) is 10.7 Å². The quantitative estimate of drug-likeness (QED) is 0.810. The third-order valence-electron chi connectivity index (χ3n) is 2.42. The van der Waals surface area contributed by atoms with Gasteiger partial charge in [-0.3, -0.25) is 4.98 Å². The van der Waals surface area contributed by atoms with Gasteiger partial charge in [-0.15, -0.1) is 0 Å². The zero-order chi connectivity index (χ0) is 14.5. The molecule has 1 aromatic heterocycles. The summed E-state index contributed by atoms with van der Waals surface area (Å²) in [6.07, 6.45) is 2.59. The molecule has 0 aliphatic rings. The molecular weight excluding hydrogens is 282 g/mol. The highest BCUT2D eigenvalue weighted by Gasteiger charge is 2.12. The fourth-order valence-electron chi connectivity index (χ4n) is 1.52. The van der Waals surface area contributed by atoms with Crippen LogP contribution in [-0.2, 0) is 0 Å². The maximum absolute atomic E-state index is 11.8. The van der Waals surface area contributed by atoms with Gasteiger partial charge in [0.2, 0.25) is 0 Å². The summed E-state index contributed by atoms with van der Waals surface area (Å²) < 4.78 is 0. The van der Waals surface area contributed by atoms with Crippen molar-refractivity contribution in [1.29, 1.82) is 0 Å². The van der Waals surface area contributed by atoms with Gasteiger partial charge in [-0.1, -0.05) is 23.7 Å². The van der Waals surface area contributed by atoms with E-state index in [0.717, 1.165) is 0 Å². The number of nitrogens with one attached hydrogen (secondary N) is 2. The summed E-state index contributed by atoms with van der Waals surface area (Å²) in [6.45, 7) is 0. The van der Waals surface area contributed by atoms with Gasteiger partial charge in [-0.05, 0) is 18.2 Å². The number of carboxylic acids is 1. The average Bonchev–Trinajstić information content (AvgIpc) is 2.41. The Morgan fingerprint density at radius 3 is 2.50 bits per heavy atom. The molecule has 0 aliphatic heterocycles. The van der Waals surface area contributed by atoms with Gasteiger partial charge < -0.3 is 15.7 Å². The summed E-state index contributed by atoms with van der Waals surface area (Å²) in [5.41, 5.74) is 0.478. The molecular formula is C13H10ClN3O3. The topological polar surface area (TPSA) is 91.3 Å². The number of hydrogen-bond acceptors (Lipinski definition) is 3. The highest BCUT2D eigenvalue weighted by molar-refractivity contribution is 6.33. The first kappa shape index (κ1) is 13.8. The third kappa shape index (κ3) is 3.24. The summed E-state index contributed by atoms with van der Waals surface area (Å²) in [6, 6.07) is 7.40. The molecule has 0 saturated heterocycles. The molecule has 6 nitrogen and oxygen atoms in total. The molecule has 1 aromatic carbocycles. The molecule has 20 heavy (non-hydrogen) atoms. The summed E-state index contributed by atoms with van der Waals surface area (Å²) in [5, 5.41) is 14.3. The van der Waals surface area contributed by atoms with Crippen LogP contribution in [0.4, 0.5) is 16.2 Å². The Labute approximate surface area is 119 Å². The van der Waals surface area contributed by atoms with Crippen molar-refractivity contribution in [3.05, 3.63) is 53.3 Å². The van der Waals surface area contributed by atoms with Crippen LogP contribution in [0.1, 0.15) is 10.4 Å². The number of aromatic carboxylic acids is 1. The molecule has 0 aliphatic carbocycles. The molecule has 102 valence electrons. The number of aromatic nitrogens is 1. The van der Waals surface area contributed by atoms with Crippen LogP contribution >= 0.6 is 11.6 Å². The number of rotatable bonds is 3. The number of halogens is 1. The molecule has 0 bridgehead atoms. The van der Waals surface area contributed by atoms with E-state index < -0.39 is 12.0 Å². The van der Waals surface area contributed by atoms with Crippen LogP contribution in [0.25, 0.3) is 0 Å². The standard InChI is InChI=1S/C13H10ClN3O3/c14-9-3-1-2-4-10(9)16-13(20)17-11-7-15-6-5-8(11)12(18)19/h1-7H,(H,18,19)(H2,16,17,20). The Bertz CT molecular complexity index is 661. The van der Waals surface area contributed by atoms with Gasteiger partial charge in [-0.2, -0.15) is 0 Å². The molecule has 0 spiro atoms. The molecule has 3 N–H and O–H groups in total. The number of anilines is 2. The van der Waals surface area contributed by atoms with Crippen molar-refractivity contribution >= 4 is 35.0 Å². The SMILES string of the molecule is O=C(Nc1ccccc1Cl)Nc1cnccc1C(=O)O. The molecule has 2 rings (SSSR count). The van der Waals surface area contributed by atoms with Crippen LogP contribution in [-0.4, -0.2) is 22.1 Å². The van der Waals surface area contributed by atoms with E-state index in [4.69, 9.17) is 16.7 Å². The lowest BCUT2D eigenvalue weighted by Crippen LogP contribution is -2.21. The third-order valence-corrected chi connectivity index (χ3v) is 2.75. The van der Waals surface area contributed by atoms with Crippen LogP contribution in [0, 0.1) is 0 Å². The second kappa shape index (κ2) is 6.03. The largest absolute Gasteiger partial charge is 0.478 e. The predicted molar refractivity (Wildman–Crippen MR) is 75.3 cm³/mol. The van der Waals surface area contributed by atoms with E-state index in [1.807, 2.05) is 0 Å². The van der Waals surface area contributed by atoms with Gasteiger partial charge in [-0.25, -0.2) is 9.59 Å². The van der Waals surface area contributed by atoms with E-state index in [9.17, 15) is 9.59 Å². The molecule has 0 saturated carbocycles. The van der Waals surface area contributed by atoms with E-state index in [1.54, 1.807) is 24.3 Å². The first-order valence-electron chi connectivity index (χ1n) is 5.58. The van der Waals surface area contributed by atoms with Gasteiger partial charge in [0.05, 0.1) is 28.2 Å². The summed E-state index contributed by atoms with van der Waals surface area (Å²) in [4.78, 5) is 26.6. The lowest BCUT2D eigenvalue weighted by atomic mass is 10.2. The minimum atomic E-state index is -1.15. The summed E-state index contributed by atoms with van der Waals surface area (Å²) in [7, 11) is 0. The first-order valence-corrected chi connectivity index (χ1v) is 5.95.